The quantitative estimate of drug-likeness (QED) is 0.623. The van der Waals surface area contributed by atoms with E-state index in [1.165, 1.54) is 5.70 Å². The van der Waals surface area contributed by atoms with Gasteiger partial charge in [-0.25, -0.2) is 0 Å². The van der Waals surface area contributed by atoms with Gasteiger partial charge in [-0.3, -0.25) is 0 Å². The first-order chi connectivity index (χ1) is 5.79. The van der Waals surface area contributed by atoms with Crippen LogP contribution in [0.1, 0.15) is 13.8 Å². The van der Waals surface area contributed by atoms with E-state index in [4.69, 9.17) is 0 Å². The van der Waals surface area contributed by atoms with E-state index < -0.39 is 0 Å². The van der Waals surface area contributed by atoms with Crippen LogP contribution in [-0.2, 0) is 0 Å². The van der Waals surface area contributed by atoms with Crippen molar-refractivity contribution in [2.75, 3.05) is 0 Å². The summed E-state index contributed by atoms with van der Waals surface area (Å²) in [7, 11) is 0. The van der Waals surface area contributed by atoms with Crippen LogP contribution in [0, 0.1) is 17.8 Å². The summed E-state index contributed by atoms with van der Waals surface area (Å²) < 4.78 is 0. The van der Waals surface area contributed by atoms with E-state index >= 15 is 0 Å². The molecule has 0 aromatic carbocycles. The van der Waals surface area contributed by atoms with E-state index in [1.54, 1.807) is 0 Å². The van der Waals surface area contributed by atoms with Gasteiger partial charge in [-0.15, -0.1) is 0 Å². The molecule has 0 saturated carbocycles. The van der Waals surface area contributed by atoms with E-state index in [2.05, 4.69) is 49.7 Å². The lowest BCUT2D eigenvalue weighted by molar-refractivity contribution is 0.395. The van der Waals surface area contributed by atoms with Gasteiger partial charge in [0, 0.05) is 11.6 Å². The standard InChI is InChI=1S/C11H15N/c1-8(2)9-4-3-5-11-10(9)6-7-12-11/h3-10,12H,1-2H3. The highest BCUT2D eigenvalue weighted by Gasteiger charge is 2.27. The molecule has 0 amide bonds. The first-order valence-electron chi connectivity index (χ1n) is 4.60. The lowest BCUT2D eigenvalue weighted by Crippen LogP contribution is -2.21. The predicted octanol–water partition coefficient (Wildman–Crippen LogP) is 2.45. The molecule has 1 aliphatic heterocycles. The summed E-state index contributed by atoms with van der Waals surface area (Å²) in [6, 6.07) is 0. The van der Waals surface area contributed by atoms with Crippen LogP contribution in [0.2, 0.25) is 0 Å². The largest absolute Gasteiger partial charge is 0.365 e. The number of hydrogen-bond acceptors (Lipinski definition) is 1. The van der Waals surface area contributed by atoms with Gasteiger partial charge in [-0.2, -0.15) is 0 Å². The van der Waals surface area contributed by atoms with E-state index in [1.807, 2.05) is 0 Å². The summed E-state index contributed by atoms with van der Waals surface area (Å²) in [4.78, 5) is 0. The summed E-state index contributed by atoms with van der Waals surface area (Å²) in [6.45, 7) is 4.56. The Balaban J connectivity index is 2.24. The third-order valence-corrected chi connectivity index (χ3v) is 2.71. The molecule has 12 heavy (non-hydrogen) atoms. The Kier molecular flexibility index (Phi) is 1.80. The van der Waals surface area contributed by atoms with Gasteiger partial charge < -0.3 is 5.32 Å². The molecule has 2 rings (SSSR count). The Hall–Kier alpha value is -0.980. The van der Waals surface area contributed by atoms with Gasteiger partial charge in [0.1, 0.15) is 0 Å². The van der Waals surface area contributed by atoms with Crippen LogP contribution in [0.3, 0.4) is 0 Å². The molecule has 0 aromatic rings. The average Bonchev–Trinajstić information content (AvgIpc) is 2.49. The Morgan fingerprint density at radius 1 is 1.33 bits per heavy atom. The minimum atomic E-state index is 0.606. The maximum absolute atomic E-state index is 3.27. The van der Waals surface area contributed by atoms with Gasteiger partial charge in [-0.05, 0) is 24.1 Å². The van der Waals surface area contributed by atoms with Crippen molar-refractivity contribution in [1.82, 2.24) is 5.32 Å². The van der Waals surface area contributed by atoms with Crippen LogP contribution < -0.4 is 5.32 Å². The molecular formula is C11H15N. The summed E-state index contributed by atoms with van der Waals surface area (Å²) in [6.07, 6.45) is 11.0. The molecular weight excluding hydrogens is 146 g/mol. The zero-order valence-electron chi connectivity index (χ0n) is 7.62. The molecule has 0 saturated heterocycles. The zero-order chi connectivity index (χ0) is 8.55. The Labute approximate surface area is 73.9 Å². The maximum atomic E-state index is 3.27. The second-order valence-corrected chi connectivity index (χ2v) is 3.86. The lowest BCUT2D eigenvalue weighted by Gasteiger charge is -2.26. The van der Waals surface area contributed by atoms with Crippen LogP contribution in [0.25, 0.3) is 0 Å². The highest BCUT2D eigenvalue weighted by molar-refractivity contribution is 5.31. The van der Waals surface area contributed by atoms with Gasteiger partial charge in [0.2, 0.25) is 0 Å². The summed E-state index contributed by atoms with van der Waals surface area (Å²) in [5, 5.41) is 3.27. The third-order valence-electron chi connectivity index (χ3n) is 2.71. The fourth-order valence-electron chi connectivity index (χ4n) is 1.99. The molecule has 1 heteroatoms. The highest BCUT2D eigenvalue weighted by atomic mass is 14.9. The van der Waals surface area contributed by atoms with Crippen molar-refractivity contribution < 1.29 is 0 Å². The summed E-state index contributed by atoms with van der Waals surface area (Å²) in [5.41, 5.74) is 1.36. The molecule has 0 bridgehead atoms. The third kappa shape index (κ3) is 1.09. The predicted molar refractivity (Wildman–Crippen MR) is 51.3 cm³/mol. The van der Waals surface area contributed by atoms with E-state index in [9.17, 15) is 0 Å². The first-order valence-corrected chi connectivity index (χ1v) is 4.60. The van der Waals surface area contributed by atoms with Gasteiger partial charge in [0.25, 0.3) is 0 Å². The second-order valence-electron chi connectivity index (χ2n) is 3.86. The van der Waals surface area contributed by atoms with Crippen molar-refractivity contribution in [2.45, 2.75) is 13.8 Å². The fraction of sp³-hybridized carbons (Fsp3) is 0.455. The molecule has 1 heterocycles. The molecule has 0 fully saturated rings. The minimum absolute atomic E-state index is 0.606. The monoisotopic (exact) mass is 161 g/mol. The number of fused-ring (bicyclic) bond motifs is 1. The summed E-state index contributed by atoms with van der Waals surface area (Å²) >= 11 is 0. The average molecular weight is 161 g/mol. The van der Waals surface area contributed by atoms with Crippen LogP contribution in [0.5, 0.6) is 0 Å². The Bertz CT molecular complexity index is 258. The molecule has 2 atom stereocenters. The number of rotatable bonds is 1. The molecule has 2 unspecified atom stereocenters. The van der Waals surface area contributed by atoms with Crippen molar-refractivity contribution >= 4 is 0 Å². The molecule has 1 N–H and O–H groups in total. The molecule has 0 radical (unpaired) electrons. The molecule has 1 nitrogen and oxygen atoms in total. The topological polar surface area (TPSA) is 12.0 Å². The van der Waals surface area contributed by atoms with E-state index in [0.717, 1.165) is 5.92 Å². The highest BCUT2D eigenvalue weighted by Crippen LogP contribution is 2.33. The van der Waals surface area contributed by atoms with E-state index in [-0.39, 0.29) is 0 Å². The SMILES string of the molecule is CC(C)C1C=CC=C2NC=CC21. The summed E-state index contributed by atoms with van der Waals surface area (Å²) in [5.74, 6) is 2.01. The second kappa shape index (κ2) is 2.81. The van der Waals surface area contributed by atoms with Crippen LogP contribution >= 0.6 is 0 Å². The lowest BCUT2D eigenvalue weighted by atomic mass is 9.80. The van der Waals surface area contributed by atoms with Crippen molar-refractivity contribution in [3.05, 3.63) is 36.2 Å². The van der Waals surface area contributed by atoms with Crippen LogP contribution in [0.15, 0.2) is 36.2 Å². The Morgan fingerprint density at radius 3 is 2.92 bits per heavy atom. The number of hydrogen-bond donors (Lipinski definition) is 1. The molecule has 64 valence electrons. The van der Waals surface area contributed by atoms with Crippen molar-refractivity contribution in [1.29, 1.82) is 0 Å². The fourth-order valence-corrected chi connectivity index (χ4v) is 1.99. The number of allylic oxidation sites excluding steroid dienone is 4. The van der Waals surface area contributed by atoms with Gasteiger partial charge >= 0.3 is 0 Å². The molecule has 2 aliphatic rings. The van der Waals surface area contributed by atoms with Gasteiger partial charge in [0.15, 0.2) is 0 Å². The maximum Gasteiger partial charge on any atom is 0.0252 e. The van der Waals surface area contributed by atoms with Gasteiger partial charge in [-0.1, -0.05) is 32.1 Å². The van der Waals surface area contributed by atoms with E-state index in [0.29, 0.717) is 11.8 Å². The first kappa shape index (κ1) is 7.66. The normalized spacial score (nSPS) is 31.8. The van der Waals surface area contributed by atoms with Crippen molar-refractivity contribution in [3.63, 3.8) is 0 Å². The zero-order valence-corrected chi connectivity index (χ0v) is 7.62. The van der Waals surface area contributed by atoms with Crippen molar-refractivity contribution in [3.8, 4) is 0 Å². The van der Waals surface area contributed by atoms with Crippen LogP contribution in [-0.4, -0.2) is 0 Å². The molecule has 1 aliphatic carbocycles. The Morgan fingerprint density at radius 2 is 2.17 bits per heavy atom. The van der Waals surface area contributed by atoms with Crippen molar-refractivity contribution in [2.24, 2.45) is 17.8 Å². The molecule has 0 aromatic heterocycles. The minimum Gasteiger partial charge on any atom is -0.365 e. The van der Waals surface area contributed by atoms with Crippen LogP contribution in [0.4, 0.5) is 0 Å². The smallest absolute Gasteiger partial charge is 0.0252 e. The van der Waals surface area contributed by atoms with Gasteiger partial charge in [0.05, 0.1) is 0 Å². The number of nitrogens with one attached hydrogen (secondary N) is 1. The molecule has 0 spiro atoms.